The zero-order valence-electron chi connectivity index (χ0n) is 13.4. The minimum Gasteiger partial charge on any atom is -0.482 e. The lowest BCUT2D eigenvalue weighted by atomic mass is 10.1. The Bertz CT molecular complexity index is 960. The van der Waals surface area contributed by atoms with Crippen molar-refractivity contribution >= 4 is 17.5 Å². The molecule has 3 rings (SSSR count). The van der Waals surface area contributed by atoms with Crippen LogP contribution < -0.4 is 26.6 Å². The fourth-order valence-corrected chi connectivity index (χ4v) is 2.39. The molecule has 0 fully saturated rings. The molecule has 0 atom stereocenters. The summed E-state index contributed by atoms with van der Waals surface area (Å²) in [6, 6.07) is 5.20. The van der Waals surface area contributed by atoms with E-state index in [1.54, 1.807) is 25.1 Å². The van der Waals surface area contributed by atoms with E-state index in [2.05, 4.69) is 15.6 Å². The van der Waals surface area contributed by atoms with E-state index in [0.29, 0.717) is 17.0 Å². The van der Waals surface area contributed by atoms with Crippen LogP contribution in [0, 0.1) is 6.92 Å². The first kappa shape index (κ1) is 16.5. The quantitative estimate of drug-likeness (QED) is 0.690. The molecule has 0 saturated carbocycles. The zero-order chi connectivity index (χ0) is 18.0. The van der Waals surface area contributed by atoms with Gasteiger partial charge in [-0.05, 0) is 24.6 Å². The van der Waals surface area contributed by atoms with Crippen molar-refractivity contribution in [3.8, 4) is 5.75 Å². The van der Waals surface area contributed by atoms with E-state index in [4.69, 9.17) is 4.74 Å². The number of carbonyl (C=O) groups is 2. The first-order valence-electron chi connectivity index (χ1n) is 7.55. The van der Waals surface area contributed by atoms with E-state index in [1.165, 1.54) is 6.20 Å². The van der Waals surface area contributed by atoms with Gasteiger partial charge in [-0.1, -0.05) is 6.07 Å². The van der Waals surface area contributed by atoms with Crippen LogP contribution in [0.2, 0.25) is 0 Å². The average Bonchev–Trinajstić information content (AvgIpc) is 2.57. The summed E-state index contributed by atoms with van der Waals surface area (Å²) in [7, 11) is 0. The van der Waals surface area contributed by atoms with E-state index in [0.717, 1.165) is 10.1 Å². The molecular formula is C16H16N4O5. The topological polar surface area (TPSA) is 122 Å². The first-order chi connectivity index (χ1) is 11.9. The molecule has 130 valence electrons. The molecule has 9 nitrogen and oxygen atoms in total. The predicted molar refractivity (Wildman–Crippen MR) is 88.5 cm³/mol. The molecule has 0 spiro atoms. The van der Waals surface area contributed by atoms with Crippen molar-refractivity contribution in [3.63, 3.8) is 0 Å². The van der Waals surface area contributed by atoms with Crippen LogP contribution in [-0.4, -0.2) is 28.0 Å². The van der Waals surface area contributed by atoms with Gasteiger partial charge in [0.15, 0.2) is 6.61 Å². The van der Waals surface area contributed by atoms with Gasteiger partial charge in [-0.15, -0.1) is 0 Å². The summed E-state index contributed by atoms with van der Waals surface area (Å²) in [6.45, 7) is 1.55. The Morgan fingerprint density at radius 3 is 2.92 bits per heavy atom. The fraction of sp³-hybridized carbons (Fsp3) is 0.250. The number of aromatic nitrogens is 2. The van der Waals surface area contributed by atoms with Gasteiger partial charge >= 0.3 is 5.69 Å². The van der Waals surface area contributed by atoms with Gasteiger partial charge in [-0.3, -0.25) is 23.9 Å². The minimum atomic E-state index is -0.639. The van der Waals surface area contributed by atoms with Crippen molar-refractivity contribution in [1.29, 1.82) is 0 Å². The highest BCUT2D eigenvalue weighted by molar-refractivity contribution is 5.95. The average molecular weight is 344 g/mol. The number of nitrogens with zero attached hydrogens (tertiary/aromatic N) is 1. The minimum absolute atomic E-state index is 0.0174. The molecule has 1 aromatic carbocycles. The second-order valence-corrected chi connectivity index (χ2v) is 5.64. The third-order valence-electron chi connectivity index (χ3n) is 3.67. The largest absolute Gasteiger partial charge is 0.482 e. The molecule has 25 heavy (non-hydrogen) atoms. The third kappa shape index (κ3) is 3.77. The van der Waals surface area contributed by atoms with Crippen molar-refractivity contribution in [2.24, 2.45) is 0 Å². The number of nitrogens with one attached hydrogen (secondary N) is 3. The number of rotatable bonds is 4. The highest BCUT2D eigenvalue weighted by Gasteiger charge is 2.16. The summed E-state index contributed by atoms with van der Waals surface area (Å²) >= 11 is 0. The molecule has 2 aromatic rings. The number of amides is 2. The highest BCUT2D eigenvalue weighted by Crippen LogP contribution is 2.28. The van der Waals surface area contributed by atoms with E-state index in [-0.39, 0.29) is 31.5 Å². The lowest BCUT2D eigenvalue weighted by molar-refractivity contribution is -0.122. The van der Waals surface area contributed by atoms with Crippen LogP contribution >= 0.6 is 0 Å². The van der Waals surface area contributed by atoms with Crippen molar-refractivity contribution in [2.75, 3.05) is 11.9 Å². The molecule has 0 unspecified atom stereocenters. The van der Waals surface area contributed by atoms with Gasteiger partial charge in [0.1, 0.15) is 12.3 Å². The summed E-state index contributed by atoms with van der Waals surface area (Å²) in [4.78, 5) is 48.5. The molecule has 0 aliphatic carbocycles. The molecular weight excluding hydrogens is 328 g/mol. The molecule has 0 saturated heterocycles. The summed E-state index contributed by atoms with van der Waals surface area (Å²) < 4.78 is 6.39. The van der Waals surface area contributed by atoms with E-state index in [1.807, 2.05) is 0 Å². The number of benzene rings is 1. The lowest BCUT2D eigenvalue weighted by Crippen LogP contribution is -2.36. The van der Waals surface area contributed by atoms with E-state index >= 15 is 0 Å². The van der Waals surface area contributed by atoms with Crippen LogP contribution in [0.4, 0.5) is 5.69 Å². The van der Waals surface area contributed by atoms with Gasteiger partial charge in [-0.25, -0.2) is 4.79 Å². The molecule has 3 N–H and O–H groups in total. The summed E-state index contributed by atoms with van der Waals surface area (Å²) in [5.74, 6) is -0.0435. The maximum Gasteiger partial charge on any atom is 0.328 e. The Hall–Kier alpha value is -3.36. The Morgan fingerprint density at radius 1 is 1.32 bits per heavy atom. The van der Waals surface area contributed by atoms with Crippen molar-refractivity contribution in [2.45, 2.75) is 20.0 Å². The van der Waals surface area contributed by atoms with Gasteiger partial charge in [0.05, 0.1) is 5.69 Å². The molecule has 0 bridgehead atoms. The van der Waals surface area contributed by atoms with Crippen LogP contribution in [0.1, 0.15) is 11.1 Å². The van der Waals surface area contributed by atoms with Crippen LogP contribution in [0.3, 0.4) is 0 Å². The Labute approximate surface area is 141 Å². The van der Waals surface area contributed by atoms with Gasteiger partial charge < -0.3 is 15.4 Å². The van der Waals surface area contributed by atoms with E-state index in [9.17, 15) is 19.2 Å². The molecule has 2 heterocycles. The maximum atomic E-state index is 12.0. The number of ether oxygens (including phenoxy) is 1. The molecule has 1 aliphatic heterocycles. The second kappa shape index (κ2) is 6.63. The van der Waals surface area contributed by atoms with Gasteiger partial charge in [-0.2, -0.15) is 0 Å². The smallest absolute Gasteiger partial charge is 0.328 e. The summed E-state index contributed by atoms with van der Waals surface area (Å²) in [5, 5.41) is 5.37. The normalized spacial score (nSPS) is 12.8. The number of fused-ring (bicyclic) bond motifs is 1. The number of hydrogen-bond acceptors (Lipinski definition) is 5. The number of carbonyl (C=O) groups excluding carboxylic acids is 2. The fourth-order valence-electron chi connectivity index (χ4n) is 2.39. The van der Waals surface area contributed by atoms with E-state index < -0.39 is 11.2 Å². The first-order valence-corrected chi connectivity index (χ1v) is 7.55. The van der Waals surface area contributed by atoms with Crippen LogP contribution in [0.25, 0.3) is 0 Å². The second-order valence-electron chi connectivity index (χ2n) is 5.64. The predicted octanol–water partition coefficient (Wildman–Crippen LogP) is -0.508. The monoisotopic (exact) mass is 344 g/mol. The van der Waals surface area contributed by atoms with Crippen molar-refractivity contribution in [1.82, 2.24) is 14.9 Å². The number of aromatic amines is 1. The van der Waals surface area contributed by atoms with Crippen LogP contribution in [0.5, 0.6) is 5.75 Å². The Morgan fingerprint density at radius 2 is 2.12 bits per heavy atom. The van der Waals surface area contributed by atoms with Gasteiger partial charge in [0, 0.05) is 18.3 Å². The number of hydrogen-bond donors (Lipinski definition) is 3. The molecule has 9 heteroatoms. The zero-order valence-corrected chi connectivity index (χ0v) is 13.4. The molecule has 0 radical (unpaired) electrons. The Kier molecular flexibility index (Phi) is 4.38. The molecule has 1 aromatic heterocycles. The standard InChI is InChI=1S/C16H16N4O5/c1-9-6-20(16(24)19-15(9)23)7-13(21)17-5-10-2-3-12-11(4-10)18-14(22)8-25-12/h2-4,6H,5,7-8H2,1H3,(H,17,21)(H,18,22)(H,19,23,24). The summed E-state index contributed by atoms with van der Waals surface area (Å²) in [5.41, 5.74) is 0.551. The van der Waals surface area contributed by atoms with Crippen molar-refractivity contribution in [3.05, 3.63) is 56.4 Å². The third-order valence-corrected chi connectivity index (χ3v) is 3.67. The lowest BCUT2D eigenvalue weighted by Gasteiger charge is -2.18. The maximum absolute atomic E-state index is 12.0. The molecule has 2 amide bonds. The Balaban J connectivity index is 1.64. The van der Waals surface area contributed by atoms with Crippen LogP contribution in [-0.2, 0) is 22.7 Å². The van der Waals surface area contributed by atoms with Crippen molar-refractivity contribution < 1.29 is 14.3 Å². The summed E-state index contributed by atoms with van der Waals surface area (Å²) in [6.07, 6.45) is 1.34. The number of anilines is 1. The molecule has 1 aliphatic rings. The van der Waals surface area contributed by atoms with Gasteiger partial charge in [0.25, 0.3) is 11.5 Å². The SMILES string of the molecule is Cc1cn(CC(=O)NCc2ccc3c(c2)NC(=O)CO3)c(=O)[nH]c1=O. The highest BCUT2D eigenvalue weighted by atomic mass is 16.5. The number of aryl methyl sites for hydroxylation is 1. The van der Waals surface area contributed by atoms with Gasteiger partial charge in [0.2, 0.25) is 5.91 Å². The number of H-pyrrole nitrogens is 1. The van der Waals surface area contributed by atoms with Crippen LogP contribution in [0.15, 0.2) is 34.0 Å².